The number of pyridine rings is 1. The number of aromatic amines is 1. The first-order chi connectivity index (χ1) is 16.9. The van der Waals surface area contributed by atoms with Crippen molar-refractivity contribution in [2.45, 2.75) is 44.3 Å². The molecule has 2 aromatic heterocycles. The quantitative estimate of drug-likeness (QED) is 0.480. The summed E-state index contributed by atoms with van der Waals surface area (Å²) in [6.45, 7) is 3.08. The topological polar surface area (TPSA) is 91.3 Å². The lowest BCUT2D eigenvalue weighted by Crippen LogP contribution is -2.40. The number of carbonyl (C=O) groups excluding carboxylic acids is 1. The molecule has 1 amide bonds. The number of nitrogens with zero attached hydrogens (tertiary/aromatic N) is 3. The summed E-state index contributed by atoms with van der Waals surface area (Å²) in [5.41, 5.74) is 3.20. The fraction of sp³-hybridized carbons (Fsp3) is 0.346. The van der Waals surface area contributed by atoms with Crippen LogP contribution in [0.5, 0.6) is 5.75 Å². The fourth-order valence-corrected chi connectivity index (χ4v) is 5.35. The smallest absolute Gasteiger partial charge is 0.253 e. The lowest BCUT2D eigenvalue weighted by molar-refractivity contribution is -0.128. The number of aromatic nitrogens is 3. The number of likely N-dealkylation sites (tertiary alicyclic amines) is 1. The van der Waals surface area contributed by atoms with Crippen LogP contribution >= 0.6 is 23.2 Å². The number of aliphatic hydroxyl groups is 1. The molecule has 2 aliphatic rings. The zero-order chi connectivity index (χ0) is 24.5. The molecule has 0 radical (unpaired) electrons. The molecule has 2 atom stereocenters. The summed E-state index contributed by atoms with van der Waals surface area (Å²) >= 11 is 12.6. The number of fused-ring (bicyclic) bond motifs is 1. The van der Waals surface area contributed by atoms with Crippen LogP contribution in [0.4, 0.5) is 0 Å². The van der Waals surface area contributed by atoms with E-state index in [0.29, 0.717) is 59.3 Å². The normalized spacial score (nSPS) is 19.6. The summed E-state index contributed by atoms with van der Waals surface area (Å²) in [5, 5.41) is 19.2. The van der Waals surface area contributed by atoms with Gasteiger partial charge < -0.3 is 14.7 Å². The van der Waals surface area contributed by atoms with Crippen molar-refractivity contribution in [2.75, 3.05) is 13.1 Å². The summed E-state index contributed by atoms with van der Waals surface area (Å²) in [7, 11) is 0. The van der Waals surface area contributed by atoms with Gasteiger partial charge in [0.25, 0.3) is 5.91 Å². The second kappa shape index (κ2) is 10.0. The Labute approximate surface area is 213 Å². The van der Waals surface area contributed by atoms with E-state index in [2.05, 4.69) is 15.2 Å². The molecule has 3 heterocycles. The third-order valence-electron chi connectivity index (χ3n) is 6.63. The van der Waals surface area contributed by atoms with E-state index < -0.39 is 0 Å². The Hall–Kier alpha value is -2.87. The summed E-state index contributed by atoms with van der Waals surface area (Å²) in [5.74, 6) is 0.769. The van der Waals surface area contributed by atoms with E-state index in [1.807, 2.05) is 48.3 Å². The summed E-state index contributed by atoms with van der Waals surface area (Å²) in [4.78, 5) is 18.7. The number of nitrogens with one attached hydrogen (secondary N) is 1. The van der Waals surface area contributed by atoms with Crippen LogP contribution in [-0.4, -0.2) is 50.3 Å². The van der Waals surface area contributed by atoms with E-state index in [1.165, 1.54) is 0 Å². The number of H-pyrrole nitrogens is 1. The third kappa shape index (κ3) is 4.94. The van der Waals surface area contributed by atoms with Crippen molar-refractivity contribution in [3.8, 4) is 5.75 Å². The zero-order valence-corrected chi connectivity index (χ0v) is 20.8. The highest BCUT2D eigenvalue weighted by Gasteiger charge is 2.25. The van der Waals surface area contributed by atoms with Gasteiger partial charge in [0.1, 0.15) is 11.9 Å². The number of rotatable bonds is 5. The van der Waals surface area contributed by atoms with Crippen LogP contribution in [0.2, 0.25) is 10.0 Å². The summed E-state index contributed by atoms with van der Waals surface area (Å²) in [6, 6.07) is 5.75. The molecule has 1 saturated heterocycles. The zero-order valence-electron chi connectivity index (χ0n) is 19.2. The maximum Gasteiger partial charge on any atom is 0.253 e. The van der Waals surface area contributed by atoms with Gasteiger partial charge in [0.05, 0.1) is 27.4 Å². The first kappa shape index (κ1) is 23.9. The van der Waals surface area contributed by atoms with Crippen molar-refractivity contribution in [3.05, 3.63) is 75.7 Å². The Bertz CT molecular complexity index is 1290. The van der Waals surface area contributed by atoms with Crippen molar-refractivity contribution in [1.29, 1.82) is 0 Å². The highest BCUT2D eigenvalue weighted by molar-refractivity contribution is 6.35. The van der Waals surface area contributed by atoms with Crippen LogP contribution in [0.25, 0.3) is 10.9 Å². The van der Waals surface area contributed by atoms with E-state index >= 15 is 0 Å². The SMILES string of the molecule is CC(Oc1ccc2n[nH]c(C3C=CC(C(=O)N4CCC(O)CC4)=CC3)c2c1)c1c(Cl)cncc1Cl. The average molecular weight is 513 g/mol. The Balaban J connectivity index is 1.32. The van der Waals surface area contributed by atoms with Gasteiger partial charge in [0.2, 0.25) is 0 Å². The number of allylic oxidation sites excluding steroid dienone is 2. The number of amides is 1. The van der Waals surface area contributed by atoms with E-state index in [4.69, 9.17) is 27.9 Å². The Morgan fingerprint density at radius 2 is 1.97 bits per heavy atom. The number of piperidine rings is 1. The number of hydrogen-bond acceptors (Lipinski definition) is 5. The number of ether oxygens (including phenoxy) is 1. The highest BCUT2D eigenvalue weighted by Crippen LogP contribution is 2.36. The van der Waals surface area contributed by atoms with Crippen molar-refractivity contribution >= 4 is 40.0 Å². The van der Waals surface area contributed by atoms with Crippen LogP contribution in [0, 0.1) is 0 Å². The number of halogens is 2. The number of benzene rings is 1. The largest absolute Gasteiger partial charge is 0.486 e. The van der Waals surface area contributed by atoms with Crippen molar-refractivity contribution < 1.29 is 14.6 Å². The van der Waals surface area contributed by atoms with E-state index in [-0.39, 0.29) is 24.0 Å². The molecule has 1 aliphatic carbocycles. The minimum absolute atomic E-state index is 0.0270. The predicted molar refractivity (Wildman–Crippen MR) is 136 cm³/mol. The van der Waals surface area contributed by atoms with Crippen LogP contribution < -0.4 is 4.74 Å². The molecular formula is C26H26Cl2N4O3. The van der Waals surface area contributed by atoms with Crippen molar-refractivity contribution in [3.63, 3.8) is 0 Å². The fourth-order valence-electron chi connectivity index (χ4n) is 4.68. The molecule has 7 nitrogen and oxygen atoms in total. The van der Waals surface area contributed by atoms with Gasteiger partial charge in [-0.25, -0.2) is 0 Å². The van der Waals surface area contributed by atoms with E-state index in [1.54, 1.807) is 12.4 Å². The van der Waals surface area contributed by atoms with Gasteiger partial charge in [-0.3, -0.25) is 14.9 Å². The minimum Gasteiger partial charge on any atom is -0.486 e. The van der Waals surface area contributed by atoms with Gasteiger partial charge in [0.15, 0.2) is 0 Å². The maximum atomic E-state index is 12.8. The monoisotopic (exact) mass is 512 g/mol. The van der Waals surface area contributed by atoms with Gasteiger partial charge in [0, 0.05) is 47.9 Å². The minimum atomic E-state index is -0.368. The van der Waals surface area contributed by atoms with Gasteiger partial charge in [-0.1, -0.05) is 41.4 Å². The molecule has 35 heavy (non-hydrogen) atoms. The first-order valence-corrected chi connectivity index (χ1v) is 12.5. The molecule has 1 aromatic carbocycles. The molecular weight excluding hydrogens is 487 g/mol. The van der Waals surface area contributed by atoms with Crippen LogP contribution in [0.3, 0.4) is 0 Å². The molecule has 0 saturated carbocycles. The van der Waals surface area contributed by atoms with Crippen LogP contribution in [0.15, 0.2) is 54.4 Å². The lowest BCUT2D eigenvalue weighted by Gasteiger charge is -2.30. The molecule has 0 spiro atoms. The van der Waals surface area contributed by atoms with Crippen molar-refractivity contribution in [1.82, 2.24) is 20.1 Å². The number of carbonyl (C=O) groups is 1. The average Bonchev–Trinajstić information content (AvgIpc) is 3.27. The molecule has 5 rings (SSSR count). The van der Waals surface area contributed by atoms with Crippen LogP contribution in [-0.2, 0) is 4.79 Å². The van der Waals surface area contributed by atoms with Gasteiger partial charge in [-0.2, -0.15) is 5.10 Å². The third-order valence-corrected chi connectivity index (χ3v) is 7.24. The number of hydrogen-bond donors (Lipinski definition) is 2. The van der Waals surface area contributed by atoms with E-state index in [0.717, 1.165) is 16.6 Å². The maximum absolute atomic E-state index is 12.8. The van der Waals surface area contributed by atoms with Crippen molar-refractivity contribution in [2.24, 2.45) is 0 Å². The molecule has 2 unspecified atom stereocenters. The molecule has 3 aromatic rings. The molecule has 1 fully saturated rings. The standard InChI is InChI=1S/C26H26Cl2N4O3/c1-15(24-21(27)13-29-14-22(24)28)35-19-6-7-23-20(12-19)25(31-30-23)16-2-4-17(5-3-16)26(34)32-10-8-18(33)9-11-32/h2,4-7,12-16,18,33H,3,8-11H2,1H3,(H,30,31). The second-order valence-corrected chi connectivity index (χ2v) is 9.79. The summed E-state index contributed by atoms with van der Waals surface area (Å²) < 4.78 is 6.17. The first-order valence-electron chi connectivity index (χ1n) is 11.7. The molecule has 1 aliphatic heterocycles. The molecule has 182 valence electrons. The van der Waals surface area contributed by atoms with Gasteiger partial charge in [-0.05, 0) is 44.4 Å². The Morgan fingerprint density at radius 3 is 2.66 bits per heavy atom. The van der Waals surface area contributed by atoms with E-state index in [9.17, 15) is 9.90 Å². The predicted octanol–water partition coefficient (Wildman–Crippen LogP) is 5.36. The van der Waals surface area contributed by atoms with Crippen LogP contribution in [0.1, 0.15) is 49.5 Å². The Morgan fingerprint density at radius 1 is 1.23 bits per heavy atom. The van der Waals surface area contributed by atoms with Gasteiger partial charge in [-0.15, -0.1) is 0 Å². The molecule has 0 bridgehead atoms. The second-order valence-electron chi connectivity index (χ2n) is 8.98. The van der Waals surface area contributed by atoms with Gasteiger partial charge >= 0.3 is 0 Å². The lowest BCUT2D eigenvalue weighted by atomic mass is 9.91. The number of aliphatic hydroxyl groups excluding tert-OH is 1. The molecule has 9 heteroatoms. The Kier molecular flexibility index (Phi) is 6.82. The summed E-state index contributed by atoms with van der Waals surface area (Å²) in [6.07, 6.45) is 10.3. The molecule has 2 N–H and O–H groups in total. The highest BCUT2D eigenvalue weighted by atomic mass is 35.5.